The topological polar surface area (TPSA) is 34.1 Å². The maximum atomic E-state index is 11.9. The van der Waals surface area contributed by atoms with Gasteiger partial charge in [0.2, 0.25) is 0 Å². The molecule has 0 radical (unpaired) electrons. The first-order chi connectivity index (χ1) is 7.50. The molecule has 2 nitrogen and oxygen atoms in total. The maximum Gasteiger partial charge on any atom is 0.189 e. The van der Waals surface area contributed by atoms with Gasteiger partial charge in [0.1, 0.15) is 0 Å². The number of Topliss-reactive ketones (excluding diaryl/α,β-unsaturated/α-hetero) is 2. The number of hydrogen-bond acceptors (Lipinski definition) is 2. The minimum absolute atomic E-state index is 0.0772. The molecule has 84 valence electrons. The van der Waals surface area contributed by atoms with Crippen LogP contribution in [-0.2, 0) is 9.59 Å². The zero-order chi connectivity index (χ0) is 12.3. The lowest BCUT2D eigenvalue weighted by atomic mass is 9.83. The standard InChI is InChI=1S/C14H16O2/c1-5-6-7-8-12-11(4)13(15)9(2)10(3)14(12)16/h5-6,8H,4,7H2,1-3H3/b6-5-,12-8+. The van der Waals surface area contributed by atoms with Crippen LogP contribution in [0.15, 0.2) is 47.1 Å². The van der Waals surface area contributed by atoms with Crippen LogP contribution in [0.25, 0.3) is 0 Å². The Hall–Kier alpha value is -1.70. The summed E-state index contributed by atoms with van der Waals surface area (Å²) < 4.78 is 0. The number of hydrogen-bond donors (Lipinski definition) is 0. The van der Waals surface area contributed by atoms with E-state index in [1.807, 2.05) is 19.1 Å². The fourth-order valence-corrected chi connectivity index (χ4v) is 1.57. The zero-order valence-corrected chi connectivity index (χ0v) is 9.96. The van der Waals surface area contributed by atoms with Gasteiger partial charge in [-0.3, -0.25) is 9.59 Å². The van der Waals surface area contributed by atoms with E-state index in [0.29, 0.717) is 28.7 Å². The van der Waals surface area contributed by atoms with Crippen molar-refractivity contribution in [3.63, 3.8) is 0 Å². The lowest BCUT2D eigenvalue weighted by Crippen LogP contribution is -2.21. The second-order valence-electron chi connectivity index (χ2n) is 3.81. The van der Waals surface area contributed by atoms with Crippen molar-refractivity contribution >= 4 is 11.6 Å². The summed E-state index contributed by atoms with van der Waals surface area (Å²) in [5.41, 5.74) is 1.81. The van der Waals surface area contributed by atoms with Crippen LogP contribution in [0.2, 0.25) is 0 Å². The quantitative estimate of drug-likeness (QED) is 0.525. The van der Waals surface area contributed by atoms with E-state index < -0.39 is 0 Å². The molecule has 0 saturated carbocycles. The van der Waals surface area contributed by atoms with E-state index in [-0.39, 0.29) is 11.6 Å². The Morgan fingerprint density at radius 1 is 1.12 bits per heavy atom. The van der Waals surface area contributed by atoms with Gasteiger partial charge in [0.15, 0.2) is 11.6 Å². The molecule has 0 aromatic rings. The molecule has 0 bridgehead atoms. The molecule has 1 aliphatic carbocycles. The maximum absolute atomic E-state index is 11.9. The summed E-state index contributed by atoms with van der Waals surface area (Å²) in [7, 11) is 0. The molecule has 16 heavy (non-hydrogen) atoms. The van der Waals surface area contributed by atoms with Crippen LogP contribution in [0.1, 0.15) is 27.2 Å². The van der Waals surface area contributed by atoms with Gasteiger partial charge >= 0.3 is 0 Å². The normalized spacial score (nSPS) is 20.4. The number of carbonyl (C=O) groups excluding carboxylic acids is 2. The molecule has 0 aliphatic heterocycles. The van der Waals surface area contributed by atoms with Gasteiger partial charge in [-0.1, -0.05) is 24.8 Å². The Morgan fingerprint density at radius 3 is 2.25 bits per heavy atom. The van der Waals surface area contributed by atoms with Gasteiger partial charge in [0, 0.05) is 22.3 Å². The lowest BCUT2D eigenvalue weighted by Gasteiger charge is -2.17. The highest BCUT2D eigenvalue weighted by atomic mass is 16.1. The molecular weight excluding hydrogens is 200 g/mol. The number of rotatable bonds is 2. The zero-order valence-electron chi connectivity index (χ0n) is 9.96. The smallest absolute Gasteiger partial charge is 0.189 e. The number of ketones is 2. The second kappa shape index (κ2) is 4.88. The van der Waals surface area contributed by atoms with Gasteiger partial charge in [-0.05, 0) is 27.2 Å². The average Bonchev–Trinajstić information content (AvgIpc) is 2.28. The summed E-state index contributed by atoms with van der Waals surface area (Å²) in [4.78, 5) is 23.7. The Kier molecular flexibility index (Phi) is 3.78. The minimum Gasteiger partial charge on any atom is -0.289 e. The molecule has 0 heterocycles. The Balaban J connectivity index is 3.15. The molecule has 1 aliphatic rings. The Labute approximate surface area is 96.0 Å². The van der Waals surface area contributed by atoms with Crippen LogP contribution in [0.4, 0.5) is 0 Å². The first kappa shape index (κ1) is 12.4. The fraction of sp³-hybridized carbons (Fsp3) is 0.286. The van der Waals surface area contributed by atoms with Crippen molar-refractivity contribution in [2.45, 2.75) is 27.2 Å². The van der Waals surface area contributed by atoms with E-state index in [9.17, 15) is 9.59 Å². The average molecular weight is 216 g/mol. The van der Waals surface area contributed by atoms with Crippen molar-refractivity contribution < 1.29 is 9.59 Å². The predicted molar refractivity (Wildman–Crippen MR) is 65.0 cm³/mol. The van der Waals surface area contributed by atoms with Crippen molar-refractivity contribution in [1.29, 1.82) is 0 Å². The van der Waals surface area contributed by atoms with Gasteiger partial charge in [0.05, 0.1) is 0 Å². The SMILES string of the molecule is C=C1C(=O)C(C)=C(C)C(=O)/C1=C/C/C=C\C. The first-order valence-corrected chi connectivity index (χ1v) is 5.28. The Morgan fingerprint density at radius 2 is 1.69 bits per heavy atom. The van der Waals surface area contributed by atoms with E-state index in [1.165, 1.54) is 0 Å². The number of carbonyl (C=O) groups is 2. The molecule has 0 aromatic heterocycles. The molecule has 0 aromatic carbocycles. The Bertz CT molecular complexity index is 445. The summed E-state index contributed by atoms with van der Waals surface area (Å²) in [5, 5.41) is 0. The van der Waals surface area contributed by atoms with Gasteiger partial charge in [-0.2, -0.15) is 0 Å². The van der Waals surface area contributed by atoms with Crippen molar-refractivity contribution in [2.24, 2.45) is 0 Å². The molecular formula is C14H16O2. The van der Waals surface area contributed by atoms with E-state index in [0.717, 1.165) is 0 Å². The first-order valence-electron chi connectivity index (χ1n) is 5.28. The molecule has 0 spiro atoms. The largest absolute Gasteiger partial charge is 0.289 e. The van der Waals surface area contributed by atoms with Crippen LogP contribution in [0, 0.1) is 0 Å². The van der Waals surface area contributed by atoms with Crippen molar-refractivity contribution in [3.8, 4) is 0 Å². The van der Waals surface area contributed by atoms with Crippen molar-refractivity contribution in [1.82, 2.24) is 0 Å². The van der Waals surface area contributed by atoms with Crippen molar-refractivity contribution in [3.05, 3.63) is 47.1 Å². The van der Waals surface area contributed by atoms with Crippen LogP contribution in [0.3, 0.4) is 0 Å². The van der Waals surface area contributed by atoms with Crippen LogP contribution >= 0.6 is 0 Å². The summed E-state index contributed by atoms with van der Waals surface area (Å²) >= 11 is 0. The molecule has 2 heteroatoms. The molecule has 1 rings (SSSR count). The van der Waals surface area contributed by atoms with Crippen molar-refractivity contribution in [2.75, 3.05) is 0 Å². The lowest BCUT2D eigenvalue weighted by molar-refractivity contribution is -0.116. The summed E-state index contributed by atoms with van der Waals surface area (Å²) in [6, 6.07) is 0. The minimum atomic E-state index is -0.121. The fourth-order valence-electron chi connectivity index (χ4n) is 1.57. The molecule has 0 atom stereocenters. The highest BCUT2D eigenvalue weighted by Crippen LogP contribution is 2.26. The summed E-state index contributed by atoms with van der Waals surface area (Å²) in [6.45, 7) is 8.96. The third kappa shape index (κ3) is 2.11. The van der Waals surface area contributed by atoms with Crippen LogP contribution < -0.4 is 0 Å². The summed E-state index contributed by atoms with van der Waals surface area (Å²) in [6.07, 6.45) is 6.25. The summed E-state index contributed by atoms with van der Waals surface area (Å²) in [5.74, 6) is -0.199. The van der Waals surface area contributed by atoms with Gasteiger partial charge in [-0.25, -0.2) is 0 Å². The van der Waals surface area contributed by atoms with Gasteiger partial charge in [-0.15, -0.1) is 0 Å². The molecule has 0 saturated heterocycles. The molecule has 0 fully saturated rings. The predicted octanol–water partition coefficient (Wildman–Crippen LogP) is 2.92. The van der Waals surface area contributed by atoms with Crippen LogP contribution in [-0.4, -0.2) is 11.6 Å². The number of allylic oxidation sites excluding steroid dienone is 7. The molecule has 0 amide bonds. The highest BCUT2D eigenvalue weighted by molar-refractivity contribution is 6.28. The van der Waals surface area contributed by atoms with E-state index in [1.54, 1.807) is 19.9 Å². The van der Waals surface area contributed by atoms with Crippen LogP contribution in [0.5, 0.6) is 0 Å². The van der Waals surface area contributed by atoms with E-state index >= 15 is 0 Å². The van der Waals surface area contributed by atoms with E-state index in [2.05, 4.69) is 6.58 Å². The third-order valence-corrected chi connectivity index (χ3v) is 2.78. The monoisotopic (exact) mass is 216 g/mol. The third-order valence-electron chi connectivity index (χ3n) is 2.78. The van der Waals surface area contributed by atoms with E-state index in [4.69, 9.17) is 0 Å². The molecule has 0 unspecified atom stereocenters. The second-order valence-corrected chi connectivity index (χ2v) is 3.81. The highest BCUT2D eigenvalue weighted by Gasteiger charge is 2.28. The van der Waals surface area contributed by atoms with Gasteiger partial charge in [0.25, 0.3) is 0 Å². The molecule has 0 N–H and O–H groups in total. The van der Waals surface area contributed by atoms with Gasteiger partial charge < -0.3 is 0 Å².